The van der Waals surface area contributed by atoms with E-state index in [-0.39, 0.29) is 12.5 Å². The van der Waals surface area contributed by atoms with Crippen molar-refractivity contribution in [2.24, 2.45) is 0 Å². The fourth-order valence-electron chi connectivity index (χ4n) is 3.16. The van der Waals surface area contributed by atoms with E-state index in [0.29, 0.717) is 11.7 Å². The third-order valence-electron chi connectivity index (χ3n) is 4.63. The lowest BCUT2D eigenvalue weighted by atomic mass is 10.0. The smallest absolute Gasteiger partial charge is 0.274 e. The summed E-state index contributed by atoms with van der Waals surface area (Å²) < 4.78 is 0. The first-order chi connectivity index (χ1) is 11.7. The molecule has 2 N–H and O–H groups in total. The van der Waals surface area contributed by atoms with Gasteiger partial charge in [0.05, 0.1) is 10.6 Å². The lowest BCUT2D eigenvalue weighted by Gasteiger charge is -2.36. The van der Waals surface area contributed by atoms with E-state index < -0.39 is 0 Å². The summed E-state index contributed by atoms with van der Waals surface area (Å²) in [7, 11) is 2.10. The first kappa shape index (κ1) is 17.1. The van der Waals surface area contributed by atoms with Crippen LogP contribution in [0.25, 0.3) is 10.6 Å². The predicted octanol–water partition coefficient (Wildman–Crippen LogP) is 2.06. The number of thiophene rings is 1. The van der Waals surface area contributed by atoms with Crippen LogP contribution >= 0.6 is 11.3 Å². The zero-order valence-corrected chi connectivity index (χ0v) is 14.8. The number of likely N-dealkylation sites (tertiary alicyclic amines) is 1. The van der Waals surface area contributed by atoms with Crippen molar-refractivity contribution >= 4 is 17.2 Å². The Morgan fingerprint density at radius 1 is 1.50 bits per heavy atom. The lowest BCUT2D eigenvalue weighted by Crippen LogP contribution is -2.45. The van der Waals surface area contributed by atoms with Crippen LogP contribution in [-0.4, -0.2) is 70.3 Å². The number of aliphatic hydroxyl groups excluding tert-OH is 1. The molecule has 0 radical (unpaired) electrons. The van der Waals surface area contributed by atoms with E-state index in [0.717, 1.165) is 49.5 Å². The van der Waals surface area contributed by atoms with Crippen molar-refractivity contribution < 1.29 is 9.90 Å². The molecule has 130 valence electrons. The number of nitrogens with zero attached hydrogens (tertiary/aromatic N) is 3. The SMILES string of the molecule is CN(CCCO)C1CCN(C(=O)c2cc(-c3cccs3)[nH]n2)CC1. The van der Waals surface area contributed by atoms with Gasteiger partial charge in [0.15, 0.2) is 5.69 Å². The first-order valence-corrected chi connectivity index (χ1v) is 9.26. The molecule has 3 heterocycles. The van der Waals surface area contributed by atoms with Gasteiger partial charge in [-0.15, -0.1) is 11.3 Å². The number of rotatable bonds is 6. The zero-order valence-electron chi connectivity index (χ0n) is 13.9. The fourth-order valence-corrected chi connectivity index (χ4v) is 3.86. The van der Waals surface area contributed by atoms with Gasteiger partial charge < -0.3 is 14.9 Å². The van der Waals surface area contributed by atoms with Gasteiger partial charge in [-0.3, -0.25) is 9.89 Å². The summed E-state index contributed by atoms with van der Waals surface area (Å²) >= 11 is 1.63. The Labute approximate surface area is 146 Å². The van der Waals surface area contributed by atoms with Crippen LogP contribution in [0, 0.1) is 0 Å². The number of carbonyl (C=O) groups is 1. The minimum Gasteiger partial charge on any atom is -0.396 e. The van der Waals surface area contributed by atoms with Crippen LogP contribution in [0.3, 0.4) is 0 Å². The number of piperidine rings is 1. The molecular weight excluding hydrogens is 324 g/mol. The van der Waals surface area contributed by atoms with E-state index in [1.54, 1.807) is 11.3 Å². The summed E-state index contributed by atoms with van der Waals surface area (Å²) in [5, 5.41) is 18.1. The summed E-state index contributed by atoms with van der Waals surface area (Å²) in [4.78, 5) is 17.9. The number of aliphatic hydroxyl groups is 1. The Bertz CT molecular complexity index is 647. The third kappa shape index (κ3) is 3.85. The van der Waals surface area contributed by atoms with Gasteiger partial charge in [0.1, 0.15) is 0 Å². The van der Waals surface area contributed by atoms with E-state index in [2.05, 4.69) is 22.1 Å². The molecule has 0 saturated carbocycles. The highest BCUT2D eigenvalue weighted by Gasteiger charge is 2.27. The van der Waals surface area contributed by atoms with Crippen molar-refractivity contribution in [1.29, 1.82) is 0 Å². The summed E-state index contributed by atoms with van der Waals surface area (Å²) in [6, 6.07) is 6.33. The van der Waals surface area contributed by atoms with Crippen molar-refractivity contribution in [3.8, 4) is 10.6 Å². The van der Waals surface area contributed by atoms with Crippen molar-refractivity contribution in [3.05, 3.63) is 29.3 Å². The third-order valence-corrected chi connectivity index (χ3v) is 5.53. The van der Waals surface area contributed by atoms with E-state index in [9.17, 15) is 4.79 Å². The number of hydrogen-bond acceptors (Lipinski definition) is 5. The second-order valence-electron chi connectivity index (χ2n) is 6.23. The highest BCUT2D eigenvalue weighted by molar-refractivity contribution is 7.13. The molecular formula is C17H24N4O2S. The van der Waals surface area contributed by atoms with Gasteiger partial charge in [-0.05, 0) is 43.8 Å². The van der Waals surface area contributed by atoms with Crippen molar-refractivity contribution in [1.82, 2.24) is 20.0 Å². The van der Waals surface area contributed by atoms with Crippen molar-refractivity contribution in [3.63, 3.8) is 0 Å². The number of aromatic nitrogens is 2. The number of hydrogen-bond donors (Lipinski definition) is 2. The quantitative estimate of drug-likeness (QED) is 0.838. The van der Waals surface area contributed by atoms with Gasteiger partial charge in [0.25, 0.3) is 5.91 Å². The normalized spacial score (nSPS) is 16.0. The lowest BCUT2D eigenvalue weighted by molar-refractivity contribution is 0.0635. The second-order valence-corrected chi connectivity index (χ2v) is 7.17. The van der Waals surface area contributed by atoms with E-state index in [4.69, 9.17) is 5.11 Å². The minimum atomic E-state index is 0.00511. The minimum absolute atomic E-state index is 0.00511. The standard InChI is InChI=1S/C17H24N4O2S/c1-20(7-3-10-22)13-5-8-21(9-6-13)17(23)15-12-14(18-19-15)16-4-2-11-24-16/h2,4,11-13,22H,3,5-10H2,1H3,(H,18,19). The predicted molar refractivity (Wildman–Crippen MR) is 95.2 cm³/mol. The van der Waals surface area contributed by atoms with Gasteiger partial charge in [-0.2, -0.15) is 5.10 Å². The molecule has 1 saturated heterocycles. The molecule has 2 aromatic rings. The fraction of sp³-hybridized carbons (Fsp3) is 0.529. The molecule has 24 heavy (non-hydrogen) atoms. The molecule has 0 bridgehead atoms. The maximum Gasteiger partial charge on any atom is 0.274 e. The number of amides is 1. The van der Waals surface area contributed by atoms with Gasteiger partial charge in [0, 0.05) is 32.3 Å². The summed E-state index contributed by atoms with van der Waals surface area (Å²) in [5.74, 6) is 0.00511. The Kier molecular flexibility index (Phi) is 5.65. The molecule has 0 aliphatic carbocycles. The van der Waals surface area contributed by atoms with Gasteiger partial charge in [0.2, 0.25) is 0 Å². The molecule has 0 aromatic carbocycles. The average Bonchev–Trinajstić information content (AvgIpc) is 3.30. The Balaban J connectivity index is 1.56. The van der Waals surface area contributed by atoms with Crippen LogP contribution in [0.5, 0.6) is 0 Å². The van der Waals surface area contributed by atoms with Crippen LogP contribution in [0.2, 0.25) is 0 Å². The van der Waals surface area contributed by atoms with Crippen LogP contribution in [0.4, 0.5) is 0 Å². The maximum absolute atomic E-state index is 12.6. The number of aromatic amines is 1. The average molecular weight is 348 g/mol. The molecule has 7 heteroatoms. The van der Waals surface area contributed by atoms with Crippen LogP contribution < -0.4 is 0 Å². The van der Waals surface area contributed by atoms with Crippen molar-refractivity contribution in [2.75, 3.05) is 33.3 Å². The van der Waals surface area contributed by atoms with Gasteiger partial charge in [-0.1, -0.05) is 6.07 Å². The van der Waals surface area contributed by atoms with Gasteiger partial charge >= 0.3 is 0 Å². The van der Waals surface area contributed by atoms with Crippen LogP contribution in [0.1, 0.15) is 29.8 Å². The highest BCUT2D eigenvalue weighted by atomic mass is 32.1. The molecule has 1 amide bonds. The molecule has 1 fully saturated rings. The molecule has 0 atom stereocenters. The maximum atomic E-state index is 12.6. The molecule has 0 spiro atoms. The van der Waals surface area contributed by atoms with Crippen LogP contribution in [0.15, 0.2) is 23.6 Å². The van der Waals surface area contributed by atoms with E-state index in [1.165, 1.54) is 0 Å². The molecule has 2 aromatic heterocycles. The topological polar surface area (TPSA) is 72.5 Å². The largest absolute Gasteiger partial charge is 0.396 e. The number of nitrogens with one attached hydrogen (secondary N) is 1. The molecule has 3 rings (SSSR count). The van der Waals surface area contributed by atoms with Crippen molar-refractivity contribution in [2.45, 2.75) is 25.3 Å². The first-order valence-electron chi connectivity index (χ1n) is 8.38. The summed E-state index contributed by atoms with van der Waals surface area (Å²) in [6.07, 6.45) is 2.74. The van der Waals surface area contributed by atoms with E-state index >= 15 is 0 Å². The molecule has 6 nitrogen and oxygen atoms in total. The van der Waals surface area contributed by atoms with E-state index in [1.807, 2.05) is 28.5 Å². The highest BCUT2D eigenvalue weighted by Crippen LogP contribution is 2.24. The zero-order chi connectivity index (χ0) is 16.9. The monoisotopic (exact) mass is 348 g/mol. The molecule has 1 aliphatic rings. The Morgan fingerprint density at radius 2 is 2.29 bits per heavy atom. The summed E-state index contributed by atoms with van der Waals surface area (Å²) in [6.45, 7) is 2.65. The molecule has 1 aliphatic heterocycles. The summed E-state index contributed by atoms with van der Waals surface area (Å²) in [5.41, 5.74) is 1.39. The number of H-pyrrole nitrogens is 1. The molecule has 0 unspecified atom stereocenters. The second kappa shape index (κ2) is 7.92. The Hall–Kier alpha value is -1.70. The number of carbonyl (C=O) groups excluding carboxylic acids is 1. The van der Waals surface area contributed by atoms with Crippen LogP contribution in [-0.2, 0) is 0 Å². The van der Waals surface area contributed by atoms with Gasteiger partial charge in [-0.25, -0.2) is 0 Å². The Morgan fingerprint density at radius 3 is 2.96 bits per heavy atom.